The van der Waals surface area contributed by atoms with Crippen LogP contribution in [-0.4, -0.2) is 78.3 Å². The van der Waals surface area contributed by atoms with Crippen molar-refractivity contribution < 1.29 is 30.0 Å². The van der Waals surface area contributed by atoms with E-state index in [1.165, 1.54) is 12.1 Å². The van der Waals surface area contributed by atoms with E-state index in [1.807, 2.05) is 0 Å². The third kappa shape index (κ3) is 7.30. The maximum Gasteiger partial charge on any atom is 0.317 e. The Hall–Kier alpha value is -3.24. The Bertz CT molecular complexity index is 831. The number of rotatable bonds is 11. The lowest BCUT2D eigenvalue weighted by molar-refractivity contribution is -0.140. The normalized spacial score (nSPS) is 11.2. The van der Waals surface area contributed by atoms with E-state index in [2.05, 4.69) is 9.97 Å². The molecule has 0 radical (unpaired) electrons. The van der Waals surface area contributed by atoms with Crippen molar-refractivity contribution >= 4 is 11.9 Å². The second-order valence-electron chi connectivity index (χ2n) is 7.05. The molecule has 0 amide bonds. The van der Waals surface area contributed by atoms with Gasteiger partial charge >= 0.3 is 11.9 Å². The lowest BCUT2D eigenvalue weighted by atomic mass is 10.2. The van der Waals surface area contributed by atoms with Crippen molar-refractivity contribution in [3.8, 4) is 11.5 Å². The van der Waals surface area contributed by atoms with Gasteiger partial charge in [0.2, 0.25) is 0 Å². The van der Waals surface area contributed by atoms with E-state index in [1.54, 1.807) is 35.8 Å². The second kappa shape index (κ2) is 10.5. The smallest absolute Gasteiger partial charge is 0.317 e. The average molecular weight is 418 g/mol. The topological polar surface area (TPSA) is 147 Å². The summed E-state index contributed by atoms with van der Waals surface area (Å²) in [6.07, 6.45) is 0. The lowest BCUT2D eigenvalue weighted by Crippen LogP contribution is -2.39. The van der Waals surface area contributed by atoms with Crippen molar-refractivity contribution in [3.63, 3.8) is 0 Å². The number of carboxylic acids is 2. The first-order valence-electron chi connectivity index (χ1n) is 9.33. The fraction of sp³-hybridized carbons (Fsp3) is 0.400. The van der Waals surface area contributed by atoms with Gasteiger partial charge in [0.05, 0.1) is 24.5 Å². The van der Waals surface area contributed by atoms with Gasteiger partial charge in [0, 0.05) is 37.6 Å². The van der Waals surface area contributed by atoms with Crippen molar-refractivity contribution in [2.24, 2.45) is 0 Å². The minimum atomic E-state index is -1.05. The molecule has 0 aliphatic heterocycles. The molecule has 2 aromatic heterocycles. The van der Waals surface area contributed by atoms with Crippen molar-refractivity contribution in [3.05, 3.63) is 47.0 Å². The lowest BCUT2D eigenvalue weighted by Gasteiger charge is -2.26. The van der Waals surface area contributed by atoms with Crippen LogP contribution in [0, 0.1) is 13.8 Å². The van der Waals surface area contributed by atoms with Gasteiger partial charge in [0.1, 0.15) is 11.5 Å². The summed E-state index contributed by atoms with van der Waals surface area (Å²) in [6, 6.07) is 6.30. The Kier molecular flexibility index (Phi) is 8.07. The van der Waals surface area contributed by atoms with Gasteiger partial charge in [-0.3, -0.25) is 29.4 Å². The zero-order valence-electron chi connectivity index (χ0n) is 16.9. The standard InChI is InChI=1S/C20H26N4O6/c1-13-3-5-17(25)15(21-13)9-23(11-19(27)28)7-8-24(12-20(29)30)10-16-18(26)6-4-14(2)22-16/h3-6,25-26H,7-12H2,1-2H3,(H,27,28)(H,29,30). The van der Waals surface area contributed by atoms with E-state index in [4.69, 9.17) is 0 Å². The van der Waals surface area contributed by atoms with Crippen LogP contribution in [0.4, 0.5) is 0 Å². The van der Waals surface area contributed by atoms with E-state index < -0.39 is 11.9 Å². The summed E-state index contributed by atoms with van der Waals surface area (Å²) in [5.74, 6) is -2.17. The molecule has 2 heterocycles. The third-order valence-electron chi connectivity index (χ3n) is 4.38. The number of carboxylic acid groups (broad SMARTS) is 2. The van der Waals surface area contributed by atoms with E-state index in [9.17, 15) is 30.0 Å². The predicted molar refractivity (Wildman–Crippen MR) is 107 cm³/mol. The number of aryl methyl sites for hydroxylation is 2. The molecule has 2 rings (SSSR count). The SMILES string of the molecule is Cc1ccc(O)c(CN(CCN(CC(=O)O)Cc2nc(C)ccc2O)CC(=O)O)n1. The van der Waals surface area contributed by atoms with Crippen LogP contribution in [-0.2, 0) is 22.7 Å². The zero-order valence-corrected chi connectivity index (χ0v) is 16.9. The Morgan fingerprint density at radius 3 is 1.47 bits per heavy atom. The maximum atomic E-state index is 11.3. The van der Waals surface area contributed by atoms with Gasteiger partial charge < -0.3 is 20.4 Å². The Morgan fingerprint density at radius 1 is 0.767 bits per heavy atom. The highest BCUT2D eigenvalue weighted by Gasteiger charge is 2.18. The minimum Gasteiger partial charge on any atom is -0.506 e. The van der Waals surface area contributed by atoms with Gasteiger partial charge in [0.15, 0.2) is 0 Å². The summed E-state index contributed by atoms with van der Waals surface area (Å²) in [5, 5.41) is 38.5. The molecule has 10 nitrogen and oxygen atoms in total. The summed E-state index contributed by atoms with van der Waals surface area (Å²) in [5.41, 5.74) is 2.07. The summed E-state index contributed by atoms with van der Waals surface area (Å²) in [7, 11) is 0. The Morgan fingerprint density at radius 2 is 1.13 bits per heavy atom. The molecule has 0 fully saturated rings. The fourth-order valence-corrected chi connectivity index (χ4v) is 2.96. The fourth-order valence-electron chi connectivity index (χ4n) is 2.96. The predicted octanol–water partition coefficient (Wildman–Crippen LogP) is 0.978. The van der Waals surface area contributed by atoms with Gasteiger partial charge in [-0.15, -0.1) is 0 Å². The molecule has 2 aromatic rings. The minimum absolute atomic E-state index is 0.0349. The zero-order chi connectivity index (χ0) is 22.3. The van der Waals surface area contributed by atoms with Crippen molar-refractivity contribution in [1.29, 1.82) is 0 Å². The van der Waals surface area contributed by atoms with Gasteiger partial charge in [-0.2, -0.15) is 0 Å². The van der Waals surface area contributed by atoms with Crippen LogP contribution < -0.4 is 0 Å². The molecule has 10 heteroatoms. The van der Waals surface area contributed by atoms with Gasteiger partial charge in [-0.1, -0.05) is 0 Å². The van der Waals surface area contributed by atoms with Crippen LogP contribution in [0.2, 0.25) is 0 Å². The van der Waals surface area contributed by atoms with Crippen molar-refractivity contribution in [2.45, 2.75) is 26.9 Å². The summed E-state index contributed by atoms with van der Waals surface area (Å²) < 4.78 is 0. The number of aromatic hydroxyl groups is 2. The maximum absolute atomic E-state index is 11.3. The first kappa shape index (κ1) is 23.0. The molecule has 0 unspecified atom stereocenters. The molecule has 0 saturated heterocycles. The van der Waals surface area contributed by atoms with E-state index in [0.29, 0.717) is 22.8 Å². The molecule has 0 spiro atoms. The number of nitrogens with zero attached hydrogens (tertiary/aromatic N) is 4. The van der Waals surface area contributed by atoms with Crippen LogP contribution in [0.15, 0.2) is 24.3 Å². The molecule has 162 valence electrons. The molecule has 0 aliphatic carbocycles. The van der Waals surface area contributed by atoms with Crippen LogP contribution >= 0.6 is 0 Å². The molecule has 0 aliphatic rings. The van der Waals surface area contributed by atoms with Gasteiger partial charge in [-0.05, 0) is 38.1 Å². The first-order valence-corrected chi connectivity index (χ1v) is 9.33. The quantitative estimate of drug-likeness (QED) is 0.416. The number of hydrogen-bond donors (Lipinski definition) is 4. The average Bonchev–Trinajstić information content (AvgIpc) is 2.64. The van der Waals surface area contributed by atoms with Crippen LogP contribution in [0.5, 0.6) is 11.5 Å². The molecular formula is C20H26N4O6. The second-order valence-corrected chi connectivity index (χ2v) is 7.05. The van der Waals surface area contributed by atoms with Crippen LogP contribution in [0.1, 0.15) is 22.8 Å². The van der Waals surface area contributed by atoms with Gasteiger partial charge in [-0.25, -0.2) is 0 Å². The summed E-state index contributed by atoms with van der Waals surface area (Å²) >= 11 is 0. The molecule has 0 bridgehead atoms. The molecule has 0 aromatic carbocycles. The molecular weight excluding hydrogens is 392 g/mol. The number of carbonyl (C=O) groups is 2. The number of pyridine rings is 2. The Balaban J connectivity index is 2.13. The summed E-state index contributed by atoms with van der Waals surface area (Å²) in [6.45, 7) is 3.53. The third-order valence-corrected chi connectivity index (χ3v) is 4.38. The molecule has 0 saturated carbocycles. The highest BCUT2D eigenvalue weighted by Crippen LogP contribution is 2.18. The molecule has 30 heavy (non-hydrogen) atoms. The van der Waals surface area contributed by atoms with E-state index in [0.717, 1.165) is 0 Å². The first-order chi connectivity index (χ1) is 14.1. The highest BCUT2D eigenvalue weighted by atomic mass is 16.4. The van der Waals surface area contributed by atoms with Crippen LogP contribution in [0.25, 0.3) is 0 Å². The number of aromatic nitrogens is 2. The van der Waals surface area contributed by atoms with E-state index in [-0.39, 0.29) is 50.8 Å². The Labute approximate surface area is 174 Å². The molecule has 4 N–H and O–H groups in total. The number of aliphatic carboxylic acids is 2. The number of hydrogen-bond acceptors (Lipinski definition) is 8. The summed E-state index contributed by atoms with van der Waals surface area (Å²) in [4.78, 5) is 34.2. The monoisotopic (exact) mass is 418 g/mol. The van der Waals surface area contributed by atoms with E-state index >= 15 is 0 Å². The van der Waals surface area contributed by atoms with Crippen molar-refractivity contribution in [1.82, 2.24) is 19.8 Å². The van der Waals surface area contributed by atoms with Crippen LogP contribution in [0.3, 0.4) is 0 Å². The largest absolute Gasteiger partial charge is 0.506 e. The molecule has 0 atom stereocenters. The van der Waals surface area contributed by atoms with Crippen molar-refractivity contribution in [2.75, 3.05) is 26.2 Å². The van der Waals surface area contributed by atoms with Gasteiger partial charge in [0.25, 0.3) is 0 Å². The highest BCUT2D eigenvalue weighted by molar-refractivity contribution is 5.69.